The Hall–Kier alpha value is -4.39. The number of aromatic nitrogens is 2. The number of rotatable bonds is 6. The molecule has 0 atom stereocenters. The first-order chi connectivity index (χ1) is 17.8. The van der Waals surface area contributed by atoms with Crippen molar-refractivity contribution < 1.29 is 18.0 Å². The van der Waals surface area contributed by atoms with E-state index in [0.717, 1.165) is 25.9 Å². The third-order valence-corrected chi connectivity index (χ3v) is 7.89. The lowest BCUT2D eigenvalue weighted by Crippen LogP contribution is -2.37. The Balaban J connectivity index is 1.25. The molecule has 1 saturated heterocycles. The monoisotopic (exact) mass is 520 g/mol. The van der Waals surface area contributed by atoms with Crippen molar-refractivity contribution in [1.29, 1.82) is 0 Å². The number of nitrogens with one attached hydrogen (secondary N) is 1. The average molecular weight is 521 g/mol. The molecule has 1 aromatic heterocycles. The minimum Gasteiger partial charge on any atom is -0.382 e. The van der Waals surface area contributed by atoms with Gasteiger partial charge in [-0.05, 0) is 55.7 Å². The van der Waals surface area contributed by atoms with E-state index in [9.17, 15) is 18.0 Å². The number of sulfonamides is 1. The van der Waals surface area contributed by atoms with Crippen molar-refractivity contribution in [1.82, 2.24) is 14.3 Å². The Kier molecular flexibility index (Phi) is 6.53. The molecular weight excluding hydrogens is 496 g/mol. The predicted molar refractivity (Wildman–Crippen MR) is 136 cm³/mol. The Morgan fingerprint density at radius 3 is 2.46 bits per heavy atom. The normalized spacial score (nSPS) is 16.7. The summed E-state index contributed by atoms with van der Waals surface area (Å²) in [7, 11) is -4.07. The Bertz CT molecular complexity index is 1480. The number of azo groups is 1. The van der Waals surface area contributed by atoms with E-state index in [-0.39, 0.29) is 16.3 Å². The molecule has 0 bridgehead atoms. The van der Waals surface area contributed by atoms with Crippen molar-refractivity contribution in [3.63, 3.8) is 0 Å². The lowest BCUT2D eigenvalue weighted by molar-refractivity contribution is -0.116. The van der Waals surface area contributed by atoms with Crippen molar-refractivity contribution >= 4 is 50.5 Å². The summed E-state index contributed by atoms with van der Waals surface area (Å²) in [4.78, 5) is 35.4. The lowest BCUT2D eigenvalue weighted by atomic mass is 10.1. The smallest absolute Gasteiger partial charge is 0.269 e. The number of nitrogens with two attached hydrogens (primary N) is 1. The minimum atomic E-state index is -4.07. The van der Waals surface area contributed by atoms with Gasteiger partial charge >= 0.3 is 0 Å². The Morgan fingerprint density at radius 1 is 1.00 bits per heavy atom. The van der Waals surface area contributed by atoms with Gasteiger partial charge in [0.15, 0.2) is 17.3 Å². The van der Waals surface area contributed by atoms with Crippen LogP contribution in [0.15, 0.2) is 70.0 Å². The Morgan fingerprint density at radius 2 is 1.73 bits per heavy atom. The van der Waals surface area contributed by atoms with Gasteiger partial charge in [-0.1, -0.05) is 12.1 Å². The molecule has 2 amide bonds. The number of piperidine rings is 1. The van der Waals surface area contributed by atoms with E-state index in [1.807, 2.05) is 0 Å². The number of benzene rings is 2. The number of amides is 2. The fraction of sp³-hybridized carbons (Fsp3) is 0.250. The van der Waals surface area contributed by atoms with E-state index in [1.165, 1.54) is 30.9 Å². The highest BCUT2D eigenvalue weighted by Crippen LogP contribution is 2.34. The van der Waals surface area contributed by atoms with Crippen molar-refractivity contribution in [3.8, 4) is 0 Å². The van der Waals surface area contributed by atoms with Crippen LogP contribution in [0.2, 0.25) is 0 Å². The third-order valence-electron chi connectivity index (χ3n) is 6.10. The maximum absolute atomic E-state index is 12.6. The van der Waals surface area contributed by atoms with Gasteiger partial charge in [0.25, 0.3) is 15.9 Å². The number of hydrogen-bond donors (Lipinski definition) is 2. The summed E-state index contributed by atoms with van der Waals surface area (Å²) < 4.78 is 25.9. The molecule has 3 N–H and O–H groups in total. The second kappa shape index (κ2) is 9.93. The summed E-state index contributed by atoms with van der Waals surface area (Å²) >= 11 is 0. The van der Waals surface area contributed by atoms with Crippen LogP contribution in [0.1, 0.15) is 29.6 Å². The van der Waals surface area contributed by atoms with Crippen LogP contribution < -0.4 is 16.0 Å². The first kappa shape index (κ1) is 24.3. The topological polar surface area (TPSA) is 163 Å². The van der Waals surface area contributed by atoms with Gasteiger partial charge in [0.05, 0.1) is 11.3 Å². The van der Waals surface area contributed by atoms with Gasteiger partial charge in [0.2, 0.25) is 5.91 Å². The summed E-state index contributed by atoms with van der Waals surface area (Å²) in [6, 6.07) is 12.3. The van der Waals surface area contributed by atoms with Crippen LogP contribution in [0.25, 0.3) is 0 Å². The summed E-state index contributed by atoms with van der Waals surface area (Å²) in [5, 5.41) is 11.1. The summed E-state index contributed by atoms with van der Waals surface area (Å²) in [6.45, 7) is 1.09. The van der Waals surface area contributed by atoms with Gasteiger partial charge in [0, 0.05) is 18.8 Å². The lowest BCUT2D eigenvalue weighted by Gasteiger charge is -2.28. The van der Waals surface area contributed by atoms with Crippen molar-refractivity contribution in [3.05, 3.63) is 60.4 Å². The Labute approximate surface area is 213 Å². The van der Waals surface area contributed by atoms with Crippen LogP contribution in [0.4, 0.5) is 28.7 Å². The zero-order chi connectivity index (χ0) is 26.0. The fourth-order valence-corrected chi connectivity index (χ4v) is 5.78. The maximum atomic E-state index is 12.6. The molecule has 2 aromatic carbocycles. The molecule has 190 valence electrons. The third kappa shape index (κ3) is 4.85. The van der Waals surface area contributed by atoms with Gasteiger partial charge in [-0.3, -0.25) is 9.59 Å². The molecule has 0 spiro atoms. The standard InChI is InChI=1S/C24H24N8O4S/c25-22-21(23(27-15-26-22)31-12-4-1-5-13-31)30-29-17-10-8-16(9-11-17)28-20(33)14-32-24(34)18-6-2-3-7-19(18)37(32,35)36/h2-3,6-11,15H,1,4-5,12-14H2,(H,28,33)(H2,25,26,27). The second-order valence-electron chi connectivity index (χ2n) is 8.59. The van der Waals surface area contributed by atoms with E-state index < -0.39 is 28.4 Å². The van der Waals surface area contributed by atoms with E-state index >= 15 is 0 Å². The molecule has 1 fully saturated rings. The molecule has 37 heavy (non-hydrogen) atoms. The number of carbonyl (C=O) groups excluding carboxylic acids is 2. The molecule has 5 rings (SSSR count). The fourth-order valence-electron chi connectivity index (χ4n) is 4.25. The van der Waals surface area contributed by atoms with Crippen LogP contribution in [0.5, 0.6) is 0 Å². The largest absolute Gasteiger partial charge is 0.382 e. The highest BCUT2D eigenvalue weighted by molar-refractivity contribution is 7.90. The summed E-state index contributed by atoms with van der Waals surface area (Å²) in [6.07, 6.45) is 4.72. The van der Waals surface area contributed by atoms with E-state index in [4.69, 9.17) is 5.73 Å². The molecule has 2 aliphatic rings. The second-order valence-corrected chi connectivity index (χ2v) is 10.4. The molecule has 12 nitrogen and oxygen atoms in total. The van der Waals surface area contributed by atoms with Crippen LogP contribution >= 0.6 is 0 Å². The number of nitrogens with zero attached hydrogens (tertiary/aromatic N) is 6. The van der Waals surface area contributed by atoms with E-state index in [0.29, 0.717) is 27.2 Å². The molecule has 13 heteroatoms. The average Bonchev–Trinajstić information content (AvgIpc) is 3.10. The molecule has 0 aliphatic carbocycles. The van der Waals surface area contributed by atoms with Crippen LogP contribution in [-0.2, 0) is 14.8 Å². The molecule has 3 aromatic rings. The molecule has 3 heterocycles. The zero-order valence-electron chi connectivity index (χ0n) is 19.7. The van der Waals surface area contributed by atoms with Crippen LogP contribution in [0.3, 0.4) is 0 Å². The molecular formula is C24H24N8O4S. The van der Waals surface area contributed by atoms with E-state index in [2.05, 4.69) is 30.4 Å². The number of hydrogen-bond acceptors (Lipinski definition) is 10. The highest BCUT2D eigenvalue weighted by atomic mass is 32.2. The number of fused-ring (bicyclic) bond motifs is 1. The predicted octanol–water partition coefficient (Wildman–Crippen LogP) is 3.25. The minimum absolute atomic E-state index is 0.0536. The summed E-state index contributed by atoms with van der Waals surface area (Å²) in [5.41, 5.74) is 7.40. The van der Waals surface area contributed by atoms with Crippen LogP contribution in [-0.4, -0.2) is 54.1 Å². The first-order valence-electron chi connectivity index (χ1n) is 11.7. The molecule has 2 aliphatic heterocycles. The van der Waals surface area contributed by atoms with Crippen molar-refractivity contribution in [2.24, 2.45) is 10.2 Å². The number of carbonyl (C=O) groups is 2. The van der Waals surface area contributed by atoms with Gasteiger partial charge in [-0.2, -0.15) is 5.11 Å². The first-order valence-corrected chi connectivity index (χ1v) is 13.1. The summed E-state index contributed by atoms with van der Waals surface area (Å²) in [5.74, 6) is -0.501. The van der Waals surface area contributed by atoms with Gasteiger partial charge in [-0.25, -0.2) is 22.7 Å². The van der Waals surface area contributed by atoms with Gasteiger partial charge in [-0.15, -0.1) is 5.11 Å². The van der Waals surface area contributed by atoms with Gasteiger partial charge in [0.1, 0.15) is 17.8 Å². The number of nitrogen functional groups attached to an aromatic ring is 1. The maximum Gasteiger partial charge on any atom is 0.269 e. The highest BCUT2D eigenvalue weighted by Gasteiger charge is 2.41. The van der Waals surface area contributed by atoms with Crippen molar-refractivity contribution in [2.45, 2.75) is 24.2 Å². The van der Waals surface area contributed by atoms with E-state index in [1.54, 1.807) is 30.3 Å². The zero-order valence-corrected chi connectivity index (χ0v) is 20.6. The van der Waals surface area contributed by atoms with Gasteiger partial charge < -0.3 is 16.0 Å². The molecule has 0 radical (unpaired) electrons. The SMILES string of the molecule is Nc1ncnc(N2CCCCC2)c1N=Nc1ccc(NC(=O)CN2C(=O)c3ccccc3S2(=O)=O)cc1. The van der Waals surface area contributed by atoms with Crippen molar-refractivity contribution in [2.75, 3.05) is 35.6 Å². The molecule has 0 saturated carbocycles. The quantitative estimate of drug-likeness (QED) is 0.468. The van der Waals surface area contributed by atoms with Crippen LogP contribution in [0, 0.1) is 0 Å². The number of anilines is 3. The molecule has 0 unspecified atom stereocenters.